The average Bonchev–Trinajstić information content (AvgIpc) is 2.70. The molecule has 3 rings (SSSR count). The van der Waals surface area contributed by atoms with Gasteiger partial charge in [-0.1, -0.05) is 51.8 Å². The normalized spacial score (nSPS) is 29.9. The zero-order valence-corrected chi connectivity index (χ0v) is 17.9. The molecule has 0 bridgehead atoms. The fourth-order valence-electron chi connectivity index (χ4n) is 4.76. The maximum absolute atomic E-state index is 12.7. The molecule has 160 valence electrons. The molecule has 0 aromatic heterocycles. The summed E-state index contributed by atoms with van der Waals surface area (Å²) in [5.41, 5.74) is 0.537. The second kappa shape index (κ2) is 10.1. The highest BCUT2D eigenvalue weighted by molar-refractivity contribution is 5.89. The van der Waals surface area contributed by atoms with Crippen LogP contribution in [0.4, 0.5) is 4.79 Å². The standard InChI is InChI=1S/C24H35NO4/c1-16(2)19-14-13-17(3)15-22(19)29-24(27)25-20-11-7-8-12-21(20)28-23(26)18-9-5-4-6-10-18/h4-6,9-10,16-17,19-22H,7-8,11-15H2,1-3H3,(H,25,27)/t17-,19+,20-,21-,22-/m1/s1. The third-order valence-electron chi connectivity index (χ3n) is 6.49. The van der Waals surface area contributed by atoms with Crippen molar-refractivity contribution in [2.45, 2.75) is 84.0 Å². The molecule has 5 nitrogen and oxygen atoms in total. The van der Waals surface area contributed by atoms with Crippen molar-refractivity contribution in [3.05, 3.63) is 35.9 Å². The Morgan fingerprint density at radius 2 is 1.69 bits per heavy atom. The maximum Gasteiger partial charge on any atom is 0.407 e. The lowest BCUT2D eigenvalue weighted by Gasteiger charge is -2.37. The largest absolute Gasteiger partial charge is 0.457 e. The first-order valence-corrected chi connectivity index (χ1v) is 11.2. The average molecular weight is 402 g/mol. The number of ether oxygens (including phenoxy) is 2. The second-order valence-corrected chi connectivity index (χ2v) is 9.11. The summed E-state index contributed by atoms with van der Waals surface area (Å²) < 4.78 is 11.6. The lowest BCUT2D eigenvalue weighted by molar-refractivity contribution is -0.00766. The van der Waals surface area contributed by atoms with Gasteiger partial charge in [0.1, 0.15) is 12.2 Å². The molecular weight excluding hydrogens is 366 g/mol. The summed E-state index contributed by atoms with van der Waals surface area (Å²) in [5, 5.41) is 3.01. The summed E-state index contributed by atoms with van der Waals surface area (Å²) in [4.78, 5) is 25.1. The van der Waals surface area contributed by atoms with Crippen LogP contribution in [0.25, 0.3) is 0 Å². The maximum atomic E-state index is 12.7. The minimum absolute atomic E-state index is 0.0346. The molecule has 1 amide bonds. The molecule has 2 saturated carbocycles. The molecule has 29 heavy (non-hydrogen) atoms. The molecule has 0 heterocycles. The van der Waals surface area contributed by atoms with Crippen molar-refractivity contribution in [1.29, 1.82) is 0 Å². The number of hydrogen-bond acceptors (Lipinski definition) is 4. The van der Waals surface area contributed by atoms with E-state index >= 15 is 0 Å². The predicted molar refractivity (Wildman–Crippen MR) is 113 cm³/mol. The molecule has 5 heteroatoms. The molecule has 0 saturated heterocycles. The number of carbonyl (C=O) groups is 2. The molecule has 1 N–H and O–H groups in total. The van der Waals surface area contributed by atoms with Gasteiger partial charge in [-0.05, 0) is 62.0 Å². The highest BCUT2D eigenvalue weighted by Crippen LogP contribution is 2.35. The van der Waals surface area contributed by atoms with Crippen molar-refractivity contribution >= 4 is 12.1 Å². The SMILES string of the molecule is CC(C)[C@@H]1CC[C@@H](C)C[C@H]1OC(=O)N[C@@H]1CCCC[C@H]1OC(=O)c1ccccc1. The lowest BCUT2D eigenvalue weighted by Crippen LogP contribution is -2.49. The van der Waals surface area contributed by atoms with E-state index in [9.17, 15) is 9.59 Å². The zero-order chi connectivity index (χ0) is 20.8. The highest BCUT2D eigenvalue weighted by Gasteiger charge is 2.35. The van der Waals surface area contributed by atoms with E-state index < -0.39 is 0 Å². The van der Waals surface area contributed by atoms with Crippen LogP contribution in [-0.4, -0.2) is 30.3 Å². The van der Waals surface area contributed by atoms with Crippen LogP contribution >= 0.6 is 0 Å². The van der Waals surface area contributed by atoms with Crippen molar-refractivity contribution < 1.29 is 19.1 Å². The van der Waals surface area contributed by atoms with Gasteiger partial charge < -0.3 is 14.8 Å². The number of nitrogens with one attached hydrogen (secondary N) is 1. The Balaban J connectivity index is 1.57. The number of hydrogen-bond donors (Lipinski definition) is 1. The van der Waals surface area contributed by atoms with Crippen LogP contribution in [0.15, 0.2) is 30.3 Å². The Morgan fingerprint density at radius 1 is 0.966 bits per heavy atom. The number of amides is 1. The minimum atomic E-state index is -0.373. The van der Waals surface area contributed by atoms with Crippen molar-refractivity contribution in [3.63, 3.8) is 0 Å². The molecule has 0 radical (unpaired) electrons. The van der Waals surface area contributed by atoms with Crippen LogP contribution in [0.2, 0.25) is 0 Å². The number of rotatable bonds is 5. The Bertz CT molecular complexity index is 675. The van der Waals surface area contributed by atoms with Gasteiger partial charge in [0, 0.05) is 0 Å². The van der Waals surface area contributed by atoms with Crippen LogP contribution in [-0.2, 0) is 9.47 Å². The number of esters is 1. The van der Waals surface area contributed by atoms with Crippen LogP contribution in [0, 0.1) is 17.8 Å². The summed E-state index contributed by atoms with van der Waals surface area (Å²) in [7, 11) is 0. The van der Waals surface area contributed by atoms with Crippen molar-refractivity contribution in [2.75, 3.05) is 0 Å². The van der Waals surface area contributed by atoms with E-state index in [1.165, 1.54) is 6.42 Å². The van der Waals surface area contributed by atoms with Crippen LogP contribution in [0.3, 0.4) is 0 Å². The molecule has 1 aromatic rings. The van der Waals surface area contributed by atoms with E-state index in [0.717, 1.165) is 38.5 Å². The fourth-order valence-corrected chi connectivity index (χ4v) is 4.76. The third-order valence-corrected chi connectivity index (χ3v) is 6.49. The molecule has 2 fully saturated rings. The molecule has 2 aliphatic rings. The van der Waals surface area contributed by atoms with Gasteiger partial charge in [-0.2, -0.15) is 0 Å². The topological polar surface area (TPSA) is 64.6 Å². The van der Waals surface area contributed by atoms with E-state index in [-0.39, 0.29) is 30.3 Å². The molecule has 5 atom stereocenters. The molecular formula is C24H35NO4. The van der Waals surface area contributed by atoms with E-state index in [1.54, 1.807) is 12.1 Å². The Hall–Kier alpha value is -2.04. The molecule has 2 aliphatic carbocycles. The summed E-state index contributed by atoms with van der Waals surface area (Å²) in [5.74, 6) is 1.15. The van der Waals surface area contributed by atoms with Gasteiger partial charge in [0.2, 0.25) is 0 Å². The van der Waals surface area contributed by atoms with Gasteiger partial charge in [0.25, 0.3) is 0 Å². The quantitative estimate of drug-likeness (QED) is 0.676. The minimum Gasteiger partial charge on any atom is -0.457 e. The first-order valence-electron chi connectivity index (χ1n) is 11.2. The monoisotopic (exact) mass is 401 g/mol. The van der Waals surface area contributed by atoms with Gasteiger partial charge in [-0.3, -0.25) is 0 Å². The molecule has 0 aliphatic heterocycles. The zero-order valence-electron chi connectivity index (χ0n) is 17.9. The third kappa shape index (κ3) is 5.97. The van der Waals surface area contributed by atoms with Gasteiger partial charge >= 0.3 is 12.1 Å². The van der Waals surface area contributed by atoms with E-state index in [0.29, 0.717) is 23.3 Å². The second-order valence-electron chi connectivity index (χ2n) is 9.11. The van der Waals surface area contributed by atoms with Crippen LogP contribution < -0.4 is 5.32 Å². The van der Waals surface area contributed by atoms with Crippen LogP contribution in [0.5, 0.6) is 0 Å². The number of carbonyl (C=O) groups excluding carboxylic acids is 2. The van der Waals surface area contributed by atoms with Gasteiger partial charge in [-0.15, -0.1) is 0 Å². The molecule has 0 spiro atoms. The van der Waals surface area contributed by atoms with Crippen LogP contribution in [0.1, 0.15) is 76.1 Å². The predicted octanol–water partition coefficient (Wildman–Crippen LogP) is 5.34. The van der Waals surface area contributed by atoms with Gasteiger partial charge in [-0.25, -0.2) is 9.59 Å². The van der Waals surface area contributed by atoms with Gasteiger partial charge in [0.05, 0.1) is 11.6 Å². The highest BCUT2D eigenvalue weighted by atomic mass is 16.6. The first kappa shape index (κ1) is 21.7. The van der Waals surface area contributed by atoms with E-state index in [1.807, 2.05) is 18.2 Å². The smallest absolute Gasteiger partial charge is 0.407 e. The molecule has 1 aromatic carbocycles. The van der Waals surface area contributed by atoms with E-state index in [4.69, 9.17) is 9.47 Å². The number of benzene rings is 1. The summed E-state index contributed by atoms with van der Waals surface area (Å²) in [6, 6.07) is 8.81. The fraction of sp³-hybridized carbons (Fsp3) is 0.667. The lowest BCUT2D eigenvalue weighted by atomic mass is 9.75. The summed E-state index contributed by atoms with van der Waals surface area (Å²) in [6.07, 6.45) is 6.09. The van der Waals surface area contributed by atoms with E-state index in [2.05, 4.69) is 26.1 Å². The van der Waals surface area contributed by atoms with Crippen molar-refractivity contribution in [3.8, 4) is 0 Å². The molecule has 0 unspecified atom stereocenters. The van der Waals surface area contributed by atoms with Gasteiger partial charge in [0.15, 0.2) is 0 Å². The Morgan fingerprint density at radius 3 is 2.41 bits per heavy atom. The summed E-state index contributed by atoms with van der Waals surface area (Å²) in [6.45, 7) is 6.63. The Kier molecular flexibility index (Phi) is 7.57. The summed E-state index contributed by atoms with van der Waals surface area (Å²) >= 11 is 0. The Labute approximate surface area is 174 Å². The first-order chi connectivity index (χ1) is 13.9. The number of alkyl carbamates (subject to hydrolysis) is 1. The van der Waals surface area contributed by atoms with Crippen molar-refractivity contribution in [1.82, 2.24) is 5.32 Å². The van der Waals surface area contributed by atoms with Crippen molar-refractivity contribution in [2.24, 2.45) is 17.8 Å².